The lowest BCUT2D eigenvalue weighted by atomic mass is 10.0. The molecule has 6 heteroatoms. The van der Waals surface area contributed by atoms with E-state index >= 15 is 0 Å². The number of methoxy groups -OCH3 is 1. The molecule has 0 spiro atoms. The van der Waals surface area contributed by atoms with Crippen LogP contribution >= 0.6 is 0 Å². The molecule has 1 aromatic heterocycles. The van der Waals surface area contributed by atoms with E-state index in [1.165, 1.54) is 6.33 Å². The van der Waals surface area contributed by atoms with Crippen LogP contribution in [0.25, 0.3) is 0 Å². The molecule has 2 rings (SSSR count). The summed E-state index contributed by atoms with van der Waals surface area (Å²) in [6.45, 7) is 6.37. The van der Waals surface area contributed by atoms with Crippen LogP contribution in [0.15, 0.2) is 6.33 Å². The number of nitrogens with zero attached hydrogens (tertiary/aromatic N) is 2. The molecular formula is C12H20N4O2. The van der Waals surface area contributed by atoms with E-state index in [4.69, 9.17) is 9.47 Å². The van der Waals surface area contributed by atoms with Crippen molar-refractivity contribution in [3.63, 3.8) is 0 Å². The average Bonchev–Trinajstić information content (AvgIpc) is 2.77. The summed E-state index contributed by atoms with van der Waals surface area (Å²) in [6, 6.07) is 0. The number of anilines is 2. The molecule has 1 atom stereocenters. The predicted octanol–water partition coefficient (Wildman–Crippen LogP) is 1.51. The summed E-state index contributed by atoms with van der Waals surface area (Å²) in [5, 5.41) is 6.55. The van der Waals surface area contributed by atoms with Gasteiger partial charge in [0.15, 0.2) is 11.6 Å². The highest BCUT2D eigenvalue weighted by atomic mass is 16.5. The van der Waals surface area contributed by atoms with E-state index in [0.717, 1.165) is 19.6 Å². The fourth-order valence-corrected chi connectivity index (χ4v) is 2.00. The molecular weight excluding hydrogens is 232 g/mol. The summed E-state index contributed by atoms with van der Waals surface area (Å²) in [6.07, 6.45) is 2.48. The highest BCUT2D eigenvalue weighted by molar-refractivity contribution is 5.64. The van der Waals surface area contributed by atoms with Crippen LogP contribution in [0.5, 0.6) is 5.75 Å². The van der Waals surface area contributed by atoms with Gasteiger partial charge in [-0.05, 0) is 20.3 Å². The molecule has 0 amide bonds. The van der Waals surface area contributed by atoms with Crippen LogP contribution in [0.3, 0.4) is 0 Å². The molecule has 1 saturated heterocycles. The van der Waals surface area contributed by atoms with Crippen molar-refractivity contribution in [3.05, 3.63) is 6.33 Å². The summed E-state index contributed by atoms with van der Waals surface area (Å²) in [4.78, 5) is 8.44. The van der Waals surface area contributed by atoms with E-state index in [9.17, 15) is 0 Å². The zero-order chi connectivity index (χ0) is 13.0. The fourth-order valence-electron chi connectivity index (χ4n) is 2.00. The summed E-state index contributed by atoms with van der Waals surface area (Å²) >= 11 is 0. The van der Waals surface area contributed by atoms with Gasteiger partial charge in [-0.1, -0.05) is 0 Å². The van der Waals surface area contributed by atoms with Gasteiger partial charge in [-0.3, -0.25) is 0 Å². The third kappa shape index (κ3) is 2.64. The molecule has 0 radical (unpaired) electrons. The quantitative estimate of drug-likeness (QED) is 0.828. The van der Waals surface area contributed by atoms with E-state index in [1.807, 2.05) is 6.92 Å². The minimum absolute atomic E-state index is 0.0921. The molecule has 1 aliphatic rings. The minimum atomic E-state index is -0.0921. The number of ether oxygens (including phenoxy) is 2. The van der Waals surface area contributed by atoms with E-state index in [0.29, 0.717) is 24.0 Å². The Hall–Kier alpha value is -1.56. The Kier molecular flexibility index (Phi) is 3.86. The first-order chi connectivity index (χ1) is 8.68. The van der Waals surface area contributed by atoms with Crippen LogP contribution in [-0.2, 0) is 4.74 Å². The van der Waals surface area contributed by atoms with Crippen LogP contribution in [0.1, 0.15) is 20.3 Å². The Bertz CT molecular complexity index is 405. The standard InChI is InChI=1S/C12H20N4O2/c1-4-13-10-9(17-3)11(15-8-14-10)16-12(2)5-6-18-7-12/h8H,4-7H2,1-3H3,(H2,13,14,15,16). The minimum Gasteiger partial charge on any atom is -0.490 e. The van der Waals surface area contributed by atoms with Crippen molar-refractivity contribution in [2.75, 3.05) is 37.5 Å². The third-order valence-corrected chi connectivity index (χ3v) is 2.99. The molecule has 1 aromatic rings. The van der Waals surface area contributed by atoms with Gasteiger partial charge in [0.2, 0.25) is 5.75 Å². The van der Waals surface area contributed by atoms with E-state index in [-0.39, 0.29) is 5.54 Å². The highest BCUT2D eigenvalue weighted by Gasteiger charge is 2.31. The maximum atomic E-state index is 5.42. The van der Waals surface area contributed by atoms with E-state index in [2.05, 4.69) is 27.5 Å². The zero-order valence-electron chi connectivity index (χ0n) is 11.1. The average molecular weight is 252 g/mol. The van der Waals surface area contributed by atoms with E-state index < -0.39 is 0 Å². The lowest BCUT2D eigenvalue weighted by Gasteiger charge is -2.25. The largest absolute Gasteiger partial charge is 0.490 e. The molecule has 2 heterocycles. The zero-order valence-corrected chi connectivity index (χ0v) is 11.1. The van der Waals surface area contributed by atoms with Gasteiger partial charge >= 0.3 is 0 Å². The van der Waals surface area contributed by atoms with Gasteiger partial charge in [0.05, 0.1) is 19.3 Å². The molecule has 6 nitrogen and oxygen atoms in total. The first-order valence-electron chi connectivity index (χ1n) is 6.17. The third-order valence-electron chi connectivity index (χ3n) is 2.99. The van der Waals surface area contributed by atoms with Crippen LogP contribution in [-0.4, -0.2) is 42.4 Å². The van der Waals surface area contributed by atoms with Gasteiger partial charge < -0.3 is 20.1 Å². The Morgan fingerprint density at radius 3 is 2.83 bits per heavy atom. The second-order valence-corrected chi connectivity index (χ2v) is 4.62. The number of rotatable bonds is 5. The molecule has 0 aromatic carbocycles. The number of aromatic nitrogens is 2. The second-order valence-electron chi connectivity index (χ2n) is 4.62. The summed E-state index contributed by atoms with van der Waals surface area (Å²) in [7, 11) is 1.62. The van der Waals surface area contributed by atoms with Crippen molar-refractivity contribution in [2.24, 2.45) is 0 Å². The summed E-state index contributed by atoms with van der Waals surface area (Å²) in [5.41, 5.74) is -0.0921. The summed E-state index contributed by atoms with van der Waals surface area (Å²) in [5.74, 6) is 2.06. The molecule has 1 fully saturated rings. The molecule has 2 N–H and O–H groups in total. The maximum absolute atomic E-state index is 5.42. The van der Waals surface area contributed by atoms with Crippen molar-refractivity contribution in [1.82, 2.24) is 9.97 Å². The Labute approximate surface area is 107 Å². The van der Waals surface area contributed by atoms with Crippen molar-refractivity contribution >= 4 is 11.6 Å². The van der Waals surface area contributed by atoms with Gasteiger partial charge in [-0.15, -0.1) is 0 Å². The smallest absolute Gasteiger partial charge is 0.204 e. The number of hydrogen-bond acceptors (Lipinski definition) is 6. The van der Waals surface area contributed by atoms with Crippen molar-refractivity contribution < 1.29 is 9.47 Å². The second kappa shape index (κ2) is 5.39. The van der Waals surface area contributed by atoms with Crippen LogP contribution in [0.2, 0.25) is 0 Å². The highest BCUT2D eigenvalue weighted by Crippen LogP contribution is 2.32. The van der Waals surface area contributed by atoms with Crippen LogP contribution in [0, 0.1) is 0 Å². The normalized spacial score (nSPS) is 22.8. The first kappa shape index (κ1) is 12.9. The monoisotopic (exact) mass is 252 g/mol. The van der Waals surface area contributed by atoms with Crippen LogP contribution in [0.4, 0.5) is 11.6 Å². The number of nitrogens with one attached hydrogen (secondary N) is 2. The van der Waals surface area contributed by atoms with Gasteiger partial charge in [-0.25, -0.2) is 9.97 Å². The number of hydrogen-bond donors (Lipinski definition) is 2. The van der Waals surface area contributed by atoms with Gasteiger partial charge in [0, 0.05) is 13.2 Å². The lowest BCUT2D eigenvalue weighted by Crippen LogP contribution is -2.35. The molecule has 18 heavy (non-hydrogen) atoms. The van der Waals surface area contributed by atoms with Crippen molar-refractivity contribution in [1.29, 1.82) is 0 Å². The molecule has 0 saturated carbocycles. The maximum Gasteiger partial charge on any atom is 0.204 e. The molecule has 1 unspecified atom stereocenters. The fraction of sp³-hybridized carbons (Fsp3) is 0.667. The van der Waals surface area contributed by atoms with Crippen LogP contribution < -0.4 is 15.4 Å². The van der Waals surface area contributed by atoms with Crippen molar-refractivity contribution in [3.8, 4) is 5.75 Å². The predicted molar refractivity (Wildman–Crippen MR) is 70.2 cm³/mol. The topological polar surface area (TPSA) is 68.3 Å². The van der Waals surface area contributed by atoms with Gasteiger partial charge in [0.1, 0.15) is 6.33 Å². The molecule has 0 bridgehead atoms. The summed E-state index contributed by atoms with van der Waals surface area (Å²) < 4.78 is 10.8. The van der Waals surface area contributed by atoms with Crippen molar-refractivity contribution in [2.45, 2.75) is 25.8 Å². The molecule has 1 aliphatic heterocycles. The first-order valence-corrected chi connectivity index (χ1v) is 6.17. The molecule has 100 valence electrons. The van der Waals surface area contributed by atoms with Gasteiger partial charge in [0.25, 0.3) is 0 Å². The van der Waals surface area contributed by atoms with Gasteiger partial charge in [-0.2, -0.15) is 0 Å². The lowest BCUT2D eigenvalue weighted by molar-refractivity contribution is 0.185. The van der Waals surface area contributed by atoms with E-state index in [1.54, 1.807) is 7.11 Å². The molecule has 0 aliphatic carbocycles. The Morgan fingerprint density at radius 1 is 1.44 bits per heavy atom. The Balaban J connectivity index is 2.23. The SMILES string of the molecule is CCNc1ncnc(NC2(C)CCOC2)c1OC. The Morgan fingerprint density at radius 2 is 2.22 bits per heavy atom.